The highest BCUT2D eigenvalue weighted by molar-refractivity contribution is 5.00. The van der Waals surface area contributed by atoms with Crippen molar-refractivity contribution in [1.82, 2.24) is 0 Å². The molecule has 2 heteroatoms. The van der Waals surface area contributed by atoms with E-state index in [-0.39, 0.29) is 5.41 Å². The molecule has 1 rings (SSSR count). The lowest BCUT2D eigenvalue weighted by Crippen LogP contribution is -2.29. The molecule has 0 aromatic carbocycles. The number of hydrogen-bond donors (Lipinski definition) is 1. The molecule has 1 unspecified atom stereocenters. The molecule has 0 fully saturated rings. The topological polar surface area (TPSA) is 39.2 Å². The molecule has 1 aromatic rings. The summed E-state index contributed by atoms with van der Waals surface area (Å²) in [5.41, 5.74) is 5.99. The molecule has 13 heavy (non-hydrogen) atoms. The molecule has 0 spiro atoms. The summed E-state index contributed by atoms with van der Waals surface area (Å²) in [4.78, 5) is 0. The molecular weight excluding hydrogens is 162 g/mol. The van der Waals surface area contributed by atoms with Gasteiger partial charge in [0.25, 0.3) is 0 Å². The Morgan fingerprint density at radius 1 is 1.46 bits per heavy atom. The molecule has 2 N–H and O–H groups in total. The highest BCUT2D eigenvalue weighted by atomic mass is 16.3. The van der Waals surface area contributed by atoms with Gasteiger partial charge in [0, 0.05) is 6.42 Å². The maximum Gasteiger partial charge on any atom is 0.104 e. The van der Waals surface area contributed by atoms with Crippen molar-refractivity contribution in [3.8, 4) is 0 Å². The first-order valence-corrected chi connectivity index (χ1v) is 4.76. The van der Waals surface area contributed by atoms with Crippen molar-refractivity contribution in [1.29, 1.82) is 0 Å². The SMILES string of the molecule is CC(C)(C)C(CN)Cc1ccco1. The first-order valence-electron chi connectivity index (χ1n) is 4.76. The van der Waals surface area contributed by atoms with Gasteiger partial charge in [0.2, 0.25) is 0 Å². The largest absolute Gasteiger partial charge is 0.469 e. The van der Waals surface area contributed by atoms with Gasteiger partial charge in [-0.05, 0) is 30.0 Å². The summed E-state index contributed by atoms with van der Waals surface area (Å²) in [6.45, 7) is 7.36. The molecule has 0 amide bonds. The second kappa shape index (κ2) is 3.97. The summed E-state index contributed by atoms with van der Waals surface area (Å²) in [6, 6.07) is 3.93. The van der Waals surface area contributed by atoms with E-state index in [0.717, 1.165) is 12.2 Å². The van der Waals surface area contributed by atoms with Crippen molar-refractivity contribution in [3.63, 3.8) is 0 Å². The van der Waals surface area contributed by atoms with Gasteiger partial charge in [-0.25, -0.2) is 0 Å². The maximum atomic E-state index is 5.73. The van der Waals surface area contributed by atoms with Gasteiger partial charge in [0.15, 0.2) is 0 Å². The molecule has 0 aliphatic heterocycles. The predicted molar refractivity (Wildman–Crippen MR) is 54.4 cm³/mol. The summed E-state index contributed by atoms with van der Waals surface area (Å²) >= 11 is 0. The molecule has 1 aromatic heterocycles. The Bertz CT molecular complexity index is 233. The fourth-order valence-corrected chi connectivity index (χ4v) is 1.41. The predicted octanol–water partition coefficient (Wildman–Crippen LogP) is 2.44. The third-order valence-electron chi connectivity index (χ3n) is 2.54. The van der Waals surface area contributed by atoms with Gasteiger partial charge in [-0.1, -0.05) is 20.8 Å². The van der Waals surface area contributed by atoms with Crippen molar-refractivity contribution in [2.45, 2.75) is 27.2 Å². The van der Waals surface area contributed by atoms with E-state index in [1.165, 1.54) is 0 Å². The number of rotatable bonds is 3. The molecule has 0 saturated carbocycles. The summed E-state index contributed by atoms with van der Waals surface area (Å²) in [7, 11) is 0. The molecule has 1 atom stereocenters. The molecule has 0 saturated heterocycles. The van der Waals surface area contributed by atoms with Crippen molar-refractivity contribution >= 4 is 0 Å². The van der Waals surface area contributed by atoms with Gasteiger partial charge in [-0.15, -0.1) is 0 Å². The van der Waals surface area contributed by atoms with Gasteiger partial charge < -0.3 is 10.2 Å². The van der Waals surface area contributed by atoms with E-state index in [9.17, 15) is 0 Å². The Labute approximate surface area is 80.1 Å². The van der Waals surface area contributed by atoms with Crippen LogP contribution in [0.25, 0.3) is 0 Å². The lowest BCUT2D eigenvalue weighted by molar-refractivity contribution is 0.234. The van der Waals surface area contributed by atoms with Crippen LogP contribution >= 0.6 is 0 Å². The van der Waals surface area contributed by atoms with Crippen LogP contribution in [-0.4, -0.2) is 6.54 Å². The third-order valence-corrected chi connectivity index (χ3v) is 2.54. The van der Waals surface area contributed by atoms with Gasteiger partial charge in [0.1, 0.15) is 5.76 Å². The second-order valence-corrected chi connectivity index (χ2v) is 4.58. The minimum absolute atomic E-state index is 0.252. The lowest BCUT2D eigenvalue weighted by atomic mass is 9.78. The normalized spacial score (nSPS) is 14.5. The monoisotopic (exact) mass is 181 g/mol. The zero-order chi connectivity index (χ0) is 9.90. The van der Waals surface area contributed by atoms with Crippen LogP contribution in [0.3, 0.4) is 0 Å². The fourth-order valence-electron chi connectivity index (χ4n) is 1.41. The van der Waals surface area contributed by atoms with E-state index < -0.39 is 0 Å². The summed E-state index contributed by atoms with van der Waals surface area (Å²) in [5, 5.41) is 0. The maximum absolute atomic E-state index is 5.73. The van der Waals surface area contributed by atoms with Gasteiger partial charge in [-0.3, -0.25) is 0 Å². The zero-order valence-electron chi connectivity index (χ0n) is 8.71. The highest BCUT2D eigenvalue weighted by Gasteiger charge is 2.24. The van der Waals surface area contributed by atoms with Crippen LogP contribution in [0.1, 0.15) is 26.5 Å². The van der Waals surface area contributed by atoms with E-state index in [0.29, 0.717) is 12.5 Å². The Morgan fingerprint density at radius 3 is 2.54 bits per heavy atom. The molecule has 0 aliphatic carbocycles. The first kappa shape index (κ1) is 10.3. The Morgan fingerprint density at radius 2 is 2.15 bits per heavy atom. The number of furan rings is 1. The van der Waals surface area contributed by atoms with E-state index in [1.54, 1.807) is 6.26 Å². The summed E-state index contributed by atoms with van der Waals surface area (Å²) < 4.78 is 5.31. The van der Waals surface area contributed by atoms with Crippen LogP contribution < -0.4 is 5.73 Å². The van der Waals surface area contributed by atoms with Crippen molar-refractivity contribution < 1.29 is 4.42 Å². The summed E-state index contributed by atoms with van der Waals surface area (Å²) in [6.07, 6.45) is 2.65. The fraction of sp³-hybridized carbons (Fsp3) is 0.636. The van der Waals surface area contributed by atoms with Gasteiger partial charge in [-0.2, -0.15) is 0 Å². The Hall–Kier alpha value is -0.760. The first-order chi connectivity index (χ1) is 6.04. The Balaban J connectivity index is 2.60. The standard InChI is InChI=1S/C11H19NO/c1-11(2,3)9(8-12)7-10-5-4-6-13-10/h4-6,9H,7-8,12H2,1-3H3. The second-order valence-electron chi connectivity index (χ2n) is 4.58. The molecule has 1 heterocycles. The molecule has 74 valence electrons. The van der Waals surface area contributed by atoms with Crippen molar-refractivity contribution in [3.05, 3.63) is 24.2 Å². The highest BCUT2D eigenvalue weighted by Crippen LogP contribution is 2.28. The van der Waals surface area contributed by atoms with Crippen LogP contribution in [-0.2, 0) is 6.42 Å². The van der Waals surface area contributed by atoms with Crippen LogP contribution in [0.2, 0.25) is 0 Å². The van der Waals surface area contributed by atoms with E-state index in [2.05, 4.69) is 20.8 Å². The van der Waals surface area contributed by atoms with E-state index in [1.807, 2.05) is 12.1 Å². The molecular formula is C11H19NO. The molecule has 0 aliphatic rings. The quantitative estimate of drug-likeness (QED) is 0.778. The van der Waals surface area contributed by atoms with Crippen LogP contribution in [0, 0.1) is 11.3 Å². The Kier molecular flexibility index (Phi) is 3.15. The number of hydrogen-bond acceptors (Lipinski definition) is 2. The van der Waals surface area contributed by atoms with Crippen LogP contribution in [0.15, 0.2) is 22.8 Å². The van der Waals surface area contributed by atoms with Gasteiger partial charge in [0.05, 0.1) is 6.26 Å². The van der Waals surface area contributed by atoms with E-state index >= 15 is 0 Å². The van der Waals surface area contributed by atoms with Crippen LogP contribution in [0.4, 0.5) is 0 Å². The smallest absolute Gasteiger partial charge is 0.104 e. The van der Waals surface area contributed by atoms with Crippen molar-refractivity contribution in [2.75, 3.05) is 6.54 Å². The van der Waals surface area contributed by atoms with E-state index in [4.69, 9.17) is 10.2 Å². The number of nitrogens with two attached hydrogens (primary N) is 1. The zero-order valence-corrected chi connectivity index (χ0v) is 8.71. The average molecular weight is 181 g/mol. The average Bonchev–Trinajstić information content (AvgIpc) is 2.49. The minimum Gasteiger partial charge on any atom is -0.469 e. The lowest BCUT2D eigenvalue weighted by Gasteiger charge is -2.28. The molecule has 0 bridgehead atoms. The summed E-state index contributed by atoms with van der Waals surface area (Å²) in [5.74, 6) is 1.52. The third kappa shape index (κ3) is 2.88. The van der Waals surface area contributed by atoms with Gasteiger partial charge >= 0.3 is 0 Å². The molecule has 0 radical (unpaired) electrons. The van der Waals surface area contributed by atoms with Crippen LogP contribution in [0.5, 0.6) is 0 Å². The van der Waals surface area contributed by atoms with Crippen molar-refractivity contribution in [2.24, 2.45) is 17.1 Å². The minimum atomic E-state index is 0.252. The molecule has 2 nitrogen and oxygen atoms in total.